The van der Waals surface area contributed by atoms with Crippen molar-refractivity contribution in [1.82, 2.24) is 10.2 Å². The quantitative estimate of drug-likeness (QED) is 0.0580. The third kappa shape index (κ3) is 6.83. The molecule has 0 radical (unpaired) electrons. The summed E-state index contributed by atoms with van der Waals surface area (Å²) < 4.78 is 17.9. The number of ketones is 1. The molecule has 0 saturated carbocycles. The van der Waals surface area contributed by atoms with Crippen LogP contribution in [0, 0.1) is 5.92 Å². The highest BCUT2D eigenvalue weighted by atomic mass is 35.5. The van der Waals surface area contributed by atoms with Crippen LogP contribution in [-0.4, -0.2) is 46.8 Å². The molecule has 2 aliphatic heterocycles. The predicted molar refractivity (Wildman–Crippen MR) is 180 cm³/mol. The number of nitrogens with zero attached hydrogens (tertiary/aromatic N) is 3. The number of ether oxygens (including phenoxy) is 3. The molecule has 9 nitrogen and oxygen atoms in total. The fraction of sp³-hybridized carbons (Fsp3) is 0.273. The Kier molecular flexibility index (Phi) is 9.74. The number of carbonyl (C=O) groups excluding carboxylic acids is 2. The monoisotopic (exact) mass is 697 g/mol. The number of anilines is 1. The summed E-state index contributed by atoms with van der Waals surface area (Å²) in [6, 6.07) is 16.3. The molecule has 0 bridgehead atoms. The number of amides is 1. The Hall–Kier alpha value is -3.77. The summed E-state index contributed by atoms with van der Waals surface area (Å²) in [5, 5.41) is 21.5. The van der Waals surface area contributed by atoms with Crippen molar-refractivity contribution in [2.75, 3.05) is 24.7 Å². The van der Waals surface area contributed by atoms with Gasteiger partial charge in [-0.05, 0) is 65.9 Å². The number of thioether (sulfide) groups is 1. The molecule has 46 heavy (non-hydrogen) atoms. The minimum absolute atomic E-state index is 0.0849. The van der Waals surface area contributed by atoms with E-state index in [0.29, 0.717) is 74.3 Å². The molecule has 1 saturated heterocycles. The van der Waals surface area contributed by atoms with Crippen LogP contribution in [0.2, 0.25) is 10.0 Å². The highest BCUT2D eigenvalue weighted by Gasteiger charge is 2.48. The van der Waals surface area contributed by atoms with E-state index in [1.807, 2.05) is 12.1 Å². The van der Waals surface area contributed by atoms with Crippen molar-refractivity contribution < 1.29 is 28.9 Å². The van der Waals surface area contributed by atoms with E-state index in [1.54, 1.807) is 48.5 Å². The zero-order valence-electron chi connectivity index (χ0n) is 24.9. The van der Waals surface area contributed by atoms with Gasteiger partial charge in [0, 0.05) is 21.4 Å². The Morgan fingerprint density at radius 2 is 1.87 bits per heavy atom. The highest BCUT2D eigenvalue weighted by molar-refractivity contribution is 8.00. The van der Waals surface area contributed by atoms with Crippen LogP contribution in [0.1, 0.15) is 43.0 Å². The second-order valence-electron chi connectivity index (χ2n) is 11.0. The number of aliphatic hydroxyl groups is 1. The predicted octanol–water partition coefficient (Wildman–Crippen LogP) is 7.96. The van der Waals surface area contributed by atoms with E-state index in [9.17, 15) is 14.7 Å². The van der Waals surface area contributed by atoms with Gasteiger partial charge in [0.15, 0.2) is 15.8 Å². The Morgan fingerprint density at radius 1 is 1.07 bits per heavy atom. The molecule has 1 aromatic heterocycles. The lowest BCUT2D eigenvalue weighted by atomic mass is 9.95. The number of aliphatic hydroxyl groups excluding tert-OH is 1. The molecule has 0 aliphatic carbocycles. The summed E-state index contributed by atoms with van der Waals surface area (Å²) in [5.41, 5.74) is 1.66. The second-order valence-corrected chi connectivity index (χ2v) is 14.0. The summed E-state index contributed by atoms with van der Waals surface area (Å²) in [5.74, 6) is 0.484. The second kappa shape index (κ2) is 13.9. The van der Waals surface area contributed by atoms with E-state index in [4.69, 9.17) is 37.4 Å². The third-order valence-corrected chi connectivity index (χ3v) is 10.1. The first-order valence-corrected chi connectivity index (χ1v) is 17.1. The molecule has 3 aromatic carbocycles. The molecule has 238 valence electrons. The van der Waals surface area contributed by atoms with Crippen LogP contribution in [0.25, 0.3) is 5.76 Å². The Labute approximate surface area is 284 Å². The third-order valence-electron chi connectivity index (χ3n) is 7.37. The summed E-state index contributed by atoms with van der Waals surface area (Å²) in [6.07, 6.45) is 0.860. The molecule has 1 amide bonds. The Morgan fingerprint density at radius 3 is 2.65 bits per heavy atom. The van der Waals surface area contributed by atoms with Crippen molar-refractivity contribution in [1.29, 1.82) is 0 Å². The van der Waals surface area contributed by atoms with Crippen LogP contribution in [0.5, 0.6) is 17.2 Å². The van der Waals surface area contributed by atoms with Gasteiger partial charge in [-0.3, -0.25) is 14.5 Å². The van der Waals surface area contributed by atoms with Crippen molar-refractivity contribution in [3.63, 3.8) is 0 Å². The number of benzene rings is 3. The molecule has 1 fully saturated rings. The number of aromatic nitrogens is 2. The maximum absolute atomic E-state index is 13.7. The molecule has 3 heterocycles. The first-order chi connectivity index (χ1) is 22.2. The van der Waals surface area contributed by atoms with Crippen molar-refractivity contribution in [2.45, 2.75) is 36.4 Å². The lowest BCUT2D eigenvalue weighted by molar-refractivity contribution is -0.132. The zero-order valence-corrected chi connectivity index (χ0v) is 28.0. The molecular formula is C33H29Cl2N3O6S2. The molecule has 1 atom stereocenters. The number of rotatable bonds is 10. The van der Waals surface area contributed by atoms with Crippen molar-refractivity contribution in [3.05, 3.63) is 93.0 Å². The number of halogens is 2. The first-order valence-electron chi connectivity index (χ1n) is 14.5. The van der Waals surface area contributed by atoms with Crippen LogP contribution < -0.4 is 19.1 Å². The number of carbonyl (C=O) groups is 2. The van der Waals surface area contributed by atoms with Crippen LogP contribution in [0.15, 0.2) is 70.6 Å². The van der Waals surface area contributed by atoms with E-state index < -0.39 is 17.7 Å². The molecule has 2 aliphatic rings. The van der Waals surface area contributed by atoms with Gasteiger partial charge in [0.2, 0.25) is 5.13 Å². The van der Waals surface area contributed by atoms with Gasteiger partial charge in [0.25, 0.3) is 5.78 Å². The fourth-order valence-electron chi connectivity index (χ4n) is 5.01. The molecule has 0 spiro atoms. The van der Waals surface area contributed by atoms with E-state index in [1.165, 1.54) is 16.7 Å². The maximum atomic E-state index is 13.7. The largest absolute Gasteiger partial charge is 0.507 e. The van der Waals surface area contributed by atoms with E-state index in [-0.39, 0.29) is 16.5 Å². The number of hydrogen-bond donors (Lipinski definition) is 1. The fourth-order valence-corrected chi connectivity index (χ4v) is 7.44. The smallest absolute Gasteiger partial charge is 0.301 e. The lowest BCUT2D eigenvalue weighted by Gasteiger charge is -2.23. The molecule has 4 aromatic rings. The molecule has 6 rings (SSSR count). The molecular weight excluding hydrogens is 669 g/mol. The van der Waals surface area contributed by atoms with Crippen molar-refractivity contribution in [2.24, 2.45) is 5.92 Å². The maximum Gasteiger partial charge on any atom is 0.301 e. The normalized spacial score (nSPS) is 17.2. The highest BCUT2D eigenvalue weighted by Crippen LogP contribution is 2.45. The lowest BCUT2D eigenvalue weighted by Crippen LogP contribution is -2.29. The van der Waals surface area contributed by atoms with Gasteiger partial charge in [0.05, 0.1) is 18.2 Å². The van der Waals surface area contributed by atoms with Crippen LogP contribution >= 0.6 is 46.3 Å². The molecule has 1 unspecified atom stereocenters. The summed E-state index contributed by atoms with van der Waals surface area (Å²) in [4.78, 5) is 28.7. The SMILES string of the molecule is CC(C)CCOc1cccc(C2/C(=C(\O)c3ccc4c(c3)OCCO4)C(=O)C(=O)N2c2nnc(SCc3ccc(Cl)cc3Cl)s2)c1. The molecule has 13 heteroatoms. The number of fused-ring (bicyclic) bond motifs is 1. The van der Waals surface area contributed by atoms with Crippen LogP contribution in [-0.2, 0) is 15.3 Å². The first kappa shape index (κ1) is 32.2. The standard InChI is InChI=1S/C33H29Cl2N3O6S2/c1-18(2)10-11-42-23-5-3-4-19(14-23)28-27(29(39)20-7-9-25-26(15-20)44-13-12-43-25)30(40)31(41)38(28)32-36-37-33(46-32)45-17-21-6-8-22(34)16-24(21)35/h3-9,14-16,18,28,39H,10-13,17H2,1-2H3/b29-27+. The minimum Gasteiger partial charge on any atom is -0.507 e. The van der Waals surface area contributed by atoms with Crippen molar-refractivity contribution >= 4 is 68.9 Å². The molecule has 1 N–H and O–H groups in total. The number of Topliss-reactive ketones (excluding diaryl/α,β-unsaturated/α-hetero) is 1. The average Bonchev–Trinajstić information content (AvgIpc) is 3.61. The van der Waals surface area contributed by atoms with Crippen LogP contribution in [0.3, 0.4) is 0 Å². The van der Waals surface area contributed by atoms with Gasteiger partial charge in [0.1, 0.15) is 24.7 Å². The Balaban J connectivity index is 1.38. The Bertz CT molecular complexity index is 1830. The minimum atomic E-state index is -1.00. The van der Waals surface area contributed by atoms with Gasteiger partial charge in [-0.1, -0.05) is 78.3 Å². The van der Waals surface area contributed by atoms with E-state index >= 15 is 0 Å². The summed E-state index contributed by atoms with van der Waals surface area (Å²) >= 11 is 14.9. The van der Waals surface area contributed by atoms with Crippen molar-refractivity contribution in [3.8, 4) is 17.2 Å². The zero-order chi connectivity index (χ0) is 32.4. The van der Waals surface area contributed by atoms with Gasteiger partial charge in [-0.2, -0.15) is 0 Å². The van der Waals surface area contributed by atoms with Crippen LogP contribution in [0.4, 0.5) is 5.13 Å². The summed E-state index contributed by atoms with van der Waals surface area (Å²) in [7, 11) is 0. The van der Waals surface area contributed by atoms with Gasteiger partial charge >= 0.3 is 5.91 Å². The average molecular weight is 699 g/mol. The van der Waals surface area contributed by atoms with Gasteiger partial charge < -0.3 is 19.3 Å². The van der Waals surface area contributed by atoms with E-state index in [0.717, 1.165) is 23.3 Å². The van der Waals surface area contributed by atoms with E-state index in [2.05, 4.69) is 24.0 Å². The number of hydrogen-bond acceptors (Lipinski definition) is 10. The van der Waals surface area contributed by atoms with Gasteiger partial charge in [-0.25, -0.2) is 0 Å². The topological polar surface area (TPSA) is 111 Å². The van der Waals surface area contributed by atoms with Gasteiger partial charge in [-0.15, -0.1) is 10.2 Å². The summed E-state index contributed by atoms with van der Waals surface area (Å²) in [6.45, 7) is 5.50.